The Labute approximate surface area is 160 Å². The van der Waals surface area contributed by atoms with Gasteiger partial charge >= 0.3 is 12.0 Å². The van der Waals surface area contributed by atoms with Crippen molar-refractivity contribution in [2.45, 2.75) is 6.61 Å². The number of benzene rings is 2. The van der Waals surface area contributed by atoms with Crippen LogP contribution in [-0.2, 0) is 16.1 Å². The van der Waals surface area contributed by atoms with E-state index in [1.165, 1.54) is 36.7 Å². The zero-order valence-electron chi connectivity index (χ0n) is 14.7. The van der Waals surface area contributed by atoms with Crippen molar-refractivity contribution < 1.29 is 23.5 Å². The van der Waals surface area contributed by atoms with Crippen LogP contribution in [-0.4, -0.2) is 28.5 Å². The van der Waals surface area contributed by atoms with Gasteiger partial charge in [-0.1, -0.05) is 30.3 Å². The second-order valence-electron chi connectivity index (χ2n) is 5.65. The SMILES string of the molecule is O=C(COc1ncc(C(=O)Nc2ccc(F)cc2)cn1)OCc1ccccc1. The summed E-state index contributed by atoms with van der Waals surface area (Å²) < 4.78 is 23.1. The minimum absolute atomic E-state index is 0.0602. The van der Waals surface area contributed by atoms with E-state index >= 15 is 0 Å². The molecular weight excluding hydrogens is 365 g/mol. The van der Waals surface area contributed by atoms with Crippen molar-refractivity contribution in [1.29, 1.82) is 0 Å². The van der Waals surface area contributed by atoms with Crippen LogP contribution in [0.1, 0.15) is 15.9 Å². The van der Waals surface area contributed by atoms with Gasteiger partial charge in [-0.2, -0.15) is 0 Å². The molecule has 7 nitrogen and oxygen atoms in total. The van der Waals surface area contributed by atoms with E-state index in [-0.39, 0.29) is 24.8 Å². The number of ether oxygens (including phenoxy) is 2. The lowest BCUT2D eigenvalue weighted by molar-refractivity contribution is -0.147. The number of aromatic nitrogens is 2. The van der Waals surface area contributed by atoms with Crippen LogP contribution in [0.4, 0.5) is 10.1 Å². The summed E-state index contributed by atoms with van der Waals surface area (Å²) in [4.78, 5) is 31.6. The number of hydrogen-bond donors (Lipinski definition) is 1. The third kappa shape index (κ3) is 5.60. The van der Waals surface area contributed by atoms with E-state index in [1.54, 1.807) is 0 Å². The molecule has 1 heterocycles. The van der Waals surface area contributed by atoms with Crippen LogP contribution >= 0.6 is 0 Å². The molecule has 1 N–H and O–H groups in total. The molecule has 3 rings (SSSR count). The molecule has 8 heteroatoms. The molecule has 0 aliphatic heterocycles. The minimum atomic E-state index is -0.564. The van der Waals surface area contributed by atoms with Gasteiger partial charge in [-0.25, -0.2) is 19.2 Å². The number of carbonyl (C=O) groups is 2. The highest BCUT2D eigenvalue weighted by Crippen LogP contribution is 2.11. The summed E-state index contributed by atoms with van der Waals surface area (Å²) in [5.41, 5.74) is 1.49. The quantitative estimate of drug-likeness (QED) is 0.633. The van der Waals surface area contributed by atoms with Gasteiger partial charge in [-0.15, -0.1) is 0 Å². The summed E-state index contributed by atoms with van der Waals surface area (Å²) in [7, 11) is 0. The Bertz CT molecular complexity index is 932. The van der Waals surface area contributed by atoms with Gasteiger partial charge in [0, 0.05) is 18.1 Å². The van der Waals surface area contributed by atoms with E-state index in [9.17, 15) is 14.0 Å². The maximum Gasteiger partial charge on any atom is 0.344 e. The van der Waals surface area contributed by atoms with Crippen molar-refractivity contribution in [3.63, 3.8) is 0 Å². The topological polar surface area (TPSA) is 90.4 Å². The van der Waals surface area contributed by atoms with E-state index in [0.29, 0.717) is 5.69 Å². The molecule has 0 saturated carbocycles. The molecule has 0 bridgehead atoms. The van der Waals surface area contributed by atoms with Gasteiger partial charge in [-0.05, 0) is 29.8 Å². The van der Waals surface area contributed by atoms with E-state index in [2.05, 4.69) is 15.3 Å². The molecule has 0 aliphatic rings. The molecule has 0 spiro atoms. The van der Waals surface area contributed by atoms with E-state index in [1.807, 2.05) is 30.3 Å². The predicted molar refractivity (Wildman–Crippen MR) is 98.1 cm³/mol. The van der Waals surface area contributed by atoms with Crippen molar-refractivity contribution in [2.75, 3.05) is 11.9 Å². The van der Waals surface area contributed by atoms with Crippen LogP contribution in [0.3, 0.4) is 0 Å². The van der Waals surface area contributed by atoms with Crippen molar-refractivity contribution >= 4 is 17.6 Å². The monoisotopic (exact) mass is 381 g/mol. The summed E-state index contributed by atoms with van der Waals surface area (Å²) in [6.07, 6.45) is 2.52. The number of amides is 1. The molecule has 142 valence electrons. The molecule has 2 aromatic carbocycles. The fourth-order valence-corrected chi connectivity index (χ4v) is 2.15. The molecule has 0 saturated heterocycles. The van der Waals surface area contributed by atoms with Crippen LogP contribution in [0.5, 0.6) is 6.01 Å². The summed E-state index contributed by atoms with van der Waals surface area (Å²) in [5, 5.41) is 2.59. The molecule has 0 unspecified atom stereocenters. The van der Waals surface area contributed by atoms with Gasteiger partial charge in [-0.3, -0.25) is 4.79 Å². The first kappa shape index (κ1) is 19.0. The van der Waals surface area contributed by atoms with Gasteiger partial charge in [0.15, 0.2) is 6.61 Å². The zero-order chi connectivity index (χ0) is 19.8. The van der Waals surface area contributed by atoms with Gasteiger partial charge in [0.1, 0.15) is 12.4 Å². The summed E-state index contributed by atoms with van der Waals surface area (Å²) in [6.45, 7) is -0.208. The normalized spacial score (nSPS) is 10.2. The zero-order valence-corrected chi connectivity index (χ0v) is 14.7. The number of nitrogens with one attached hydrogen (secondary N) is 1. The minimum Gasteiger partial charge on any atom is -0.458 e. The van der Waals surface area contributed by atoms with Gasteiger partial charge in [0.25, 0.3) is 5.91 Å². The summed E-state index contributed by atoms with van der Waals surface area (Å²) in [5.74, 6) is -1.42. The largest absolute Gasteiger partial charge is 0.458 e. The fraction of sp³-hybridized carbons (Fsp3) is 0.100. The third-order valence-corrected chi connectivity index (χ3v) is 3.55. The van der Waals surface area contributed by atoms with Gasteiger partial charge in [0.05, 0.1) is 5.56 Å². The van der Waals surface area contributed by atoms with Crippen LogP contribution < -0.4 is 10.1 Å². The van der Waals surface area contributed by atoms with Crippen molar-refractivity contribution in [3.05, 3.63) is 83.9 Å². The highest BCUT2D eigenvalue weighted by atomic mass is 19.1. The molecule has 1 amide bonds. The predicted octanol–water partition coefficient (Wildman–Crippen LogP) is 2.99. The Morgan fingerprint density at radius 1 is 0.964 bits per heavy atom. The Kier molecular flexibility index (Phi) is 6.25. The van der Waals surface area contributed by atoms with E-state index in [4.69, 9.17) is 9.47 Å². The lowest BCUT2D eigenvalue weighted by Crippen LogP contribution is -2.16. The first-order valence-electron chi connectivity index (χ1n) is 8.31. The second-order valence-corrected chi connectivity index (χ2v) is 5.65. The molecular formula is C20H16FN3O4. The molecule has 1 aromatic heterocycles. The smallest absolute Gasteiger partial charge is 0.344 e. The standard InChI is InChI=1S/C20H16FN3O4/c21-16-6-8-17(9-7-16)24-19(26)15-10-22-20(23-11-15)28-13-18(25)27-12-14-4-2-1-3-5-14/h1-11H,12-13H2,(H,24,26). The Morgan fingerprint density at radius 3 is 2.32 bits per heavy atom. The van der Waals surface area contributed by atoms with Crippen LogP contribution in [0.25, 0.3) is 0 Å². The summed E-state index contributed by atoms with van der Waals surface area (Å²) >= 11 is 0. The average Bonchev–Trinajstić information content (AvgIpc) is 2.73. The highest BCUT2D eigenvalue weighted by Gasteiger charge is 2.10. The Morgan fingerprint density at radius 2 is 1.64 bits per heavy atom. The Balaban J connectivity index is 1.46. The fourth-order valence-electron chi connectivity index (χ4n) is 2.15. The number of esters is 1. The van der Waals surface area contributed by atoms with E-state index < -0.39 is 17.7 Å². The van der Waals surface area contributed by atoms with Crippen LogP contribution in [0.2, 0.25) is 0 Å². The number of anilines is 1. The first-order chi connectivity index (χ1) is 13.6. The number of carbonyl (C=O) groups excluding carboxylic acids is 2. The Hall–Kier alpha value is -3.81. The number of rotatable bonds is 7. The number of halogens is 1. The van der Waals surface area contributed by atoms with Crippen LogP contribution in [0.15, 0.2) is 67.0 Å². The maximum absolute atomic E-state index is 12.9. The van der Waals surface area contributed by atoms with Crippen molar-refractivity contribution in [1.82, 2.24) is 9.97 Å². The molecule has 0 fully saturated rings. The molecule has 0 radical (unpaired) electrons. The van der Waals surface area contributed by atoms with Crippen molar-refractivity contribution in [2.24, 2.45) is 0 Å². The highest BCUT2D eigenvalue weighted by molar-refractivity contribution is 6.03. The number of hydrogen-bond acceptors (Lipinski definition) is 6. The summed E-state index contributed by atoms with van der Waals surface area (Å²) in [6, 6.07) is 14.5. The lowest BCUT2D eigenvalue weighted by atomic mass is 10.2. The maximum atomic E-state index is 12.9. The molecule has 0 aliphatic carbocycles. The molecule has 28 heavy (non-hydrogen) atoms. The first-order valence-corrected chi connectivity index (χ1v) is 8.31. The van der Waals surface area contributed by atoms with Gasteiger partial charge < -0.3 is 14.8 Å². The van der Waals surface area contributed by atoms with Crippen molar-refractivity contribution in [3.8, 4) is 6.01 Å². The third-order valence-electron chi connectivity index (χ3n) is 3.55. The average molecular weight is 381 g/mol. The second kappa shape index (κ2) is 9.22. The molecule has 0 atom stereocenters. The van der Waals surface area contributed by atoms with E-state index in [0.717, 1.165) is 5.56 Å². The van der Waals surface area contributed by atoms with Crippen LogP contribution in [0, 0.1) is 5.82 Å². The van der Waals surface area contributed by atoms with Gasteiger partial charge in [0.2, 0.25) is 0 Å². The molecule has 3 aromatic rings. The number of nitrogens with zero attached hydrogens (tertiary/aromatic N) is 2. The lowest BCUT2D eigenvalue weighted by Gasteiger charge is -2.07.